The molecule has 0 spiro atoms. The molecule has 2 aromatic rings. The first-order valence-electron chi connectivity index (χ1n) is 9.25. The fraction of sp³-hybridized carbons (Fsp3) is 0.364. The van der Waals surface area contributed by atoms with Crippen molar-refractivity contribution >= 4 is 17.6 Å². The van der Waals surface area contributed by atoms with Crippen LogP contribution < -0.4 is 9.64 Å². The molecule has 0 aliphatic carbocycles. The number of fused-ring (bicyclic) bond motifs is 1. The van der Waals surface area contributed by atoms with Crippen LogP contribution in [-0.4, -0.2) is 30.1 Å². The highest BCUT2D eigenvalue weighted by atomic mass is 16.5. The van der Waals surface area contributed by atoms with Crippen molar-refractivity contribution in [2.75, 3.05) is 4.90 Å². The highest BCUT2D eigenvalue weighted by molar-refractivity contribution is 6.00. The van der Waals surface area contributed by atoms with Crippen molar-refractivity contribution in [1.82, 2.24) is 0 Å². The molecule has 0 bridgehead atoms. The summed E-state index contributed by atoms with van der Waals surface area (Å²) >= 11 is 0. The molecule has 5 heteroatoms. The summed E-state index contributed by atoms with van der Waals surface area (Å²) < 4.78 is 11.0. The molecule has 0 saturated heterocycles. The van der Waals surface area contributed by atoms with E-state index in [9.17, 15) is 9.59 Å². The van der Waals surface area contributed by atoms with Crippen molar-refractivity contribution in [3.8, 4) is 5.75 Å². The van der Waals surface area contributed by atoms with Gasteiger partial charge < -0.3 is 14.4 Å². The van der Waals surface area contributed by atoms with Crippen LogP contribution in [-0.2, 0) is 16.0 Å². The van der Waals surface area contributed by atoms with E-state index >= 15 is 0 Å². The van der Waals surface area contributed by atoms with Gasteiger partial charge in [0.2, 0.25) is 0 Å². The molecule has 0 unspecified atom stereocenters. The zero-order chi connectivity index (χ0) is 19.6. The molecule has 0 saturated carbocycles. The van der Waals surface area contributed by atoms with Crippen molar-refractivity contribution < 1.29 is 19.1 Å². The fourth-order valence-electron chi connectivity index (χ4n) is 3.32. The summed E-state index contributed by atoms with van der Waals surface area (Å²) in [6, 6.07) is 14.6. The molecule has 0 N–H and O–H groups in total. The number of ether oxygens (including phenoxy) is 2. The van der Waals surface area contributed by atoms with E-state index in [4.69, 9.17) is 9.47 Å². The van der Waals surface area contributed by atoms with E-state index < -0.39 is 12.1 Å². The average Bonchev–Trinajstić information content (AvgIpc) is 2.96. The number of anilines is 1. The predicted octanol–water partition coefficient (Wildman–Crippen LogP) is 4.00. The fourth-order valence-corrected chi connectivity index (χ4v) is 3.32. The largest absolute Gasteiger partial charge is 0.491 e. The van der Waals surface area contributed by atoms with Gasteiger partial charge in [-0.2, -0.15) is 0 Å². The Balaban J connectivity index is 1.67. The van der Waals surface area contributed by atoms with Crippen LogP contribution in [0.2, 0.25) is 0 Å². The van der Waals surface area contributed by atoms with Gasteiger partial charge in [0.05, 0.1) is 11.7 Å². The summed E-state index contributed by atoms with van der Waals surface area (Å²) in [5.41, 5.74) is 2.42. The average molecular weight is 367 g/mol. The first-order valence-corrected chi connectivity index (χ1v) is 9.25. The lowest BCUT2D eigenvalue weighted by atomic mass is 10.1. The van der Waals surface area contributed by atoms with Crippen molar-refractivity contribution in [1.29, 1.82) is 0 Å². The molecule has 2 aromatic carbocycles. The SMILES string of the molecule is CC(C)Oc1ccc(C(=O)O[C@H](C)C(=O)N2c3ccccc3C[C@H]2C)cc1. The second-order valence-electron chi connectivity index (χ2n) is 7.13. The number of rotatable bonds is 5. The van der Waals surface area contributed by atoms with Gasteiger partial charge in [-0.1, -0.05) is 18.2 Å². The minimum atomic E-state index is -0.863. The molecule has 2 atom stereocenters. The lowest BCUT2D eigenvalue weighted by molar-refractivity contribution is -0.126. The Morgan fingerprint density at radius 3 is 2.37 bits per heavy atom. The van der Waals surface area contributed by atoms with Crippen molar-refractivity contribution in [3.63, 3.8) is 0 Å². The Kier molecular flexibility index (Phi) is 5.49. The molecule has 1 aliphatic rings. The van der Waals surface area contributed by atoms with Crippen molar-refractivity contribution in [2.45, 2.75) is 52.4 Å². The molecular weight excluding hydrogens is 342 g/mol. The molecule has 27 heavy (non-hydrogen) atoms. The van der Waals surface area contributed by atoms with Gasteiger partial charge in [0.25, 0.3) is 5.91 Å². The molecule has 1 aliphatic heterocycles. The lowest BCUT2D eigenvalue weighted by Gasteiger charge is -2.26. The van der Waals surface area contributed by atoms with E-state index in [2.05, 4.69) is 0 Å². The number of benzene rings is 2. The van der Waals surface area contributed by atoms with Gasteiger partial charge in [0.15, 0.2) is 6.10 Å². The number of carbonyl (C=O) groups excluding carboxylic acids is 2. The summed E-state index contributed by atoms with van der Waals surface area (Å²) in [5.74, 6) is -0.0409. The quantitative estimate of drug-likeness (QED) is 0.750. The number of esters is 1. The van der Waals surface area contributed by atoms with Gasteiger partial charge >= 0.3 is 5.97 Å². The zero-order valence-corrected chi connectivity index (χ0v) is 16.1. The van der Waals surface area contributed by atoms with Crippen LogP contribution in [0.4, 0.5) is 5.69 Å². The van der Waals surface area contributed by atoms with E-state index in [1.165, 1.54) is 0 Å². The highest BCUT2D eigenvalue weighted by Crippen LogP contribution is 2.32. The minimum absolute atomic E-state index is 0.0449. The highest BCUT2D eigenvalue weighted by Gasteiger charge is 2.34. The van der Waals surface area contributed by atoms with Crippen LogP contribution >= 0.6 is 0 Å². The zero-order valence-electron chi connectivity index (χ0n) is 16.1. The predicted molar refractivity (Wildman–Crippen MR) is 104 cm³/mol. The number of amides is 1. The second kappa shape index (κ2) is 7.82. The Hall–Kier alpha value is -2.82. The number of nitrogens with zero attached hydrogens (tertiary/aromatic N) is 1. The summed E-state index contributed by atoms with van der Waals surface area (Å²) in [7, 11) is 0. The summed E-state index contributed by atoms with van der Waals surface area (Å²) in [6.45, 7) is 7.49. The number of hydrogen-bond donors (Lipinski definition) is 0. The van der Waals surface area contributed by atoms with Crippen molar-refractivity contribution in [3.05, 3.63) is 59.7 Å². The first kappa shape index (κ1) is 19.0. The molecule has 1 amide bonds. The maximum absolute atomic E-state index is 12.9. The van der Waals surface area contributed by atoms with Gasteiger partial charge in [-0.3, -0.25) is 4.79 Å². The van der Waals surface area contributed by atoms with Crippen LogP contribution in [0.5, 0.6) is 5.75 Å². The smallest absolute Gasteiger partial charge is 0.338 e. The summed E-state index contributed by atoms with van der Waals surface area (Å²) in [6.07, 6.45) is 0.00311. The van der Waals surface area contributed by atoms with E-state index in [1.54, 1.807) is 36.1 Å². The topological polar surface area (TPSA) is 55.8 Å². The van der Waals surface area contributed by atoms with Crippen LogP contribution in [0.1, 0.15) is 43.6 Å². The van der Waals surface area contributed by atoms with E-state index in [1.807, 2.05) is 45.0 Å². The molecule has 142 valence electrons. The normalized spacial score (nSPS) is 16.8. The molecule has 0 fully saturated rings. The molecule has 5 nitrogen and oxygen atoms in total. The van der Waals surface area contributed by atoms with Crippen LogP contribution in [0, 0.1) is 0 Å². The number of para-hydroxylation sites is 1. The standard InChI is InChI=1S/C22H25NO4/c1-14(2)26-19-11-9-17(10-12-19)22(25)27-16(4)21(24)23-15(3)13-18-7-5-6-8-20(18)23/h5-12,14-16H,13H2,1-4H3/t15-,16-/m1/s1. The van der Waals surface area contributed by atoms with Crippen LogP contribution in [0.25, 0.3) is 0 Å². The molecule has 3 rings (SSSR count). The molecular formula is C22H25NO4. The Labute approximate surface area is 159 Å². The molecule has 0 radical (unpaired) electrons. The van der Waals surface area contributed by atoms with E-state index in [0.29, 0.717) is 11.3 Å². The van der Waals surface area contributed by atoms with Crippen molar-refractivity contribution in [2.24, 2.45) is 0 Å². The maximum Gasteiger partial charge on any atom is 0.338 e. The summed E-state index contributed by atoms with van der Waals surface area (Å²) in [5, 5.41) is 0. The van der Waals surface area contributed by atoms with E-state index in [-0.39, 0.29) is 18.1 Å². The van der Waals surface area contributed by atoms with Gasteiger partial charge in [0, 0.05) is 11.7 Å². The second-order valence-corrected chi connectivity index (χ2v) is 7.13. The van der Waals surface area contributed by atoms with Gasteiger partial charge in [-0.25, -0.2) is 4.79 Å². The summed E-state index contributed by atoms with van der Waals surface area (Å²) in [4.78, 5) is 27.0. The van der Waals surface area contributed by atoms with Crippen LogP contribution in [0.3, 0.4) is 0 Å². The Morgan fingerprint density at radius 1 is 1.04 bits per heavy atom. The Morgan fingerprint density at radius 2 is 1.70 bits per heavy atom. The number of hydrogen-bond acceptors (Lipinski definition) is 4. The van der Waals surface area contributed by atoms with Crippen LogP contribution in [0.15, 0.2) is 48.5 Å². The Bertz CT molecular complexity index is 828. The third kappa shape index (κ3) is 4.13. The lowest BCUT2D eigenvalue weighted by Crippen LogP contribution is -2.43. The van der Waals surface area contributed by atoms with Gasteiger partial charge in [0.1, 0.15) is 5.75 Å². The third-order valence-electron chi connectivity index (χ3n) is 4.54. The molecule has 1 heterocycles. The maximum atomic E-state index is 12.9. The minimum Gasteiger partial charge on any atom is -0.491 e. The number of carbonyl (C=O) groups is 2. The first-order chi connectivity index (χ1) is 12.9. The third-order valence-corrected chi connectivity index (χ3v) is 4.54. The van der Waals surface area contributed by atoms with Gasteiger partial charge in [-0.15, -0.1) is 0 Å². The van der Waals surface area contributed by atoms with Gasteiger partial charge in [-0.05, 0) is 70.0 Å². The molecule has 0 aromatic heterocycles. The monoisotopic (exact) mass is 367 g/mol. The van der Waals surface area contributed by atoms with E-state index in [0.717, 1.165) is 17.7 Å².